The molecule has 0 fully saturated rings. The van der Waals surface area contributed by atoms with Crippen molar-refractivity contribution in [3.05, 3.63) is 70.8 Å². The first kappa shape index (κ1) is 11.0. The highest BCUT2D eigenvalue weighted by atomic mass is 32.1. The van der Waals surface area contributed by atoms with Crippen molar-refractivity contribution in [2.24, 2.45) is 0 Å². The van der Waals surface area contributed by atoms with Crippen LogP contribution in [0.5, 0.6) is 0 Å². The first-order valence-electron chi connectivity index (χ1n) is 5.35. The van der Waals surface area contributed by atoms with E-state index in [2.05, 4.69) is 44.2 Å². The van der Waals surface area contributed by atoms with E-state index in [-0.39, 0.29) is 0 Å². The van der Waals surface area contributed by atoms with Gasteiger partial charge >= 0.3 is 0 Å². The van der Waals surface area contributed by atoms with Crippen LogP contribution in [0.3, 0.4) is 0 Å². The molecule has 0 atom stereocenters. The van der Waals surface area contributed by atoms with E-state index in [1.165, 1.54) is 11.1 Å². The summed E-state index contributed by atoms with van der Waals surface area (Å²) in [4.78, 5) is 0.920. The van der Waals surface area contributed by atoms with E-state index >= 15 is 0 Å². The van der Waals surface area contributed by atoms with Crippen LogP contribution in [0.4, 0.5) is 0 Å². The summed E-state index contributed by atoms with van der Waals surface area (Å²) in [7, 11) is 0. The molecule has 0 spiro atoms. The maximum atomic E-state index is 5.49. The second-order valence-corrected chi connectivity index (χ2v) is 4.40. The van der Waals surface area contributed by atoms with E-state index in [0.29, 0.717) is 0 Å². The number of hydrogen-bond donors (Lipinski definition) is 0. The standard InChI is InChI=1S/C15H14S/c1-11-8-9-14(10-12(11)2)15(16)13-6-4-3-5-7-13/h3-10H,1-2H3. The molecule has 2 aromatic carbocycles. The van der Waals surface area contributed by atoms with Crippen LogP contribution in [0.15, 0.2) is 48.5 Å². The molecule has 0 nitrogen and oxygen atoms in total. The minimum atomic E-state index is 0.920. The summed E-state index contributed by atoms with van der Waals surface area (Å²) in [6.07, 6.45) is 0. The second-order valence-electron chi connectivity index (χ2n) is 3.99. The lowest BCUT2D eigenvalue weighted by Gasteiger charge is -2.07. The Labute approximate surface area is 102 Å². The molecule has 0 saturated carbocycles. The average Bonchev–Trinajstić information content (AvgIpc) is 2.33. The Balaban J connectivity index is 2.39. The van der Waals surface area contributed by atoms with E-state index in [9.17, 15) is 0 Å². The van der Waals surface area contributed by atoms with Crippen molar-refractivity contribution in [1.29, 1.82) is 0 Å². The third kappa shape index (κ3) is 2.20. The summed E-state index contributed by atoms with van der Waals surface area (Å²) >= 11 is 5.49. The number of benzene rings is 2. The lowest BCUT2D eigenvalue weighted by molar-refractivity contribution is 1.34. The third-order valence-corrected chi connectivity index (χ3v) is 3.28. The van der Waals surface area contributed by atoms with E-state index < -0.39 is 0 Å². The van der Waals surface area contributed by atoms with Crippen molar-refractivity contribution in [1.82, 2.24) is 0 Å². The largest absolute Gasteiger partial charge is 0.0788 e. The highest BCUT2D eigenvalue weighted by Crippen LogP contribution is 2.15. The lowest BCUT2D eigenvalue weighted by Crippen LogP contribution is -2.00. The fourth-order valence-electron chi connectivity index (χ4n) is 1.64. The molecule has 0 radical (unpaired) electrons. The van der Waals surface area contributed by atoms with Gasteiger partial charge in [-0.25, -0.2) is 0 Å². The van der Waals surface area contributed by atoms with Crippen LogP contribution in [0.25, 0.3) is 0 Å². The van der Waals surface area contributed by atoms with Gasteiger partial charge in [0.1, 0.15) is 0 Å². The van der Waals surface area contributed by atoms with E-state index in [0.717, 1.165) is 16.0 Å². The normalized spacial score (nSPS) is 10.1. The quantitative estimate of drug-likeness (QED) is 0.549. The Morgan fingerprint density at radius 3 is 2.12 bits per heavy atom. The molecule has 0 amide bonds. The first-order valence-corrected chi connectivity index (χ1v) is 5.76. The monoisotopic (exact) mass is 226 g/mol. The average molecular weight is 226 g/mol. The first-order chi connectivity index (χ1) is 7.68. The van der Waals surface area contributed by atoms with Gasteiger partial charge in [-0.1, -0.05) is 60.7 Å². The van der Waals surface area contributed by atoms with Crippen molar-refractivity contribution in [3.8, 4) is 0 Å². The van der Waals surface area contributed by atoms with Gasteiger partial charge in [0.15, 0.2) is 0 Å². The maximum absolute atomic E-state index is 5.49. The molecule has 80 valence electrons. The van der Waals surface area contributed by atoms with Gasteiger partial charge in [0, 0.05) is 0 Å². The van der Waals surface area contributed by atoms with Crippen molar-refractivity contribution >= 4 is 17.1 Å². The number of thiocarbonyl (C=S) groups is 1. The van der Waals surface area contributed by atoms with Crippen LogP contribution in [0.1, 0.15) is 22.3 Å². The molecule has 1 heteroatoms. The molecule has 0 aliphatic rings. The smallest absolute Gasteiger partial charge is 0.0521 e. The topological polar surface area (TPSA) is 0 Å². The highest BCUT2D eigenvalue weighted by molar-refractivity contribution is 7.81. The predicted octanol–water partition coefficient (Wildman–Crippen LogP) is 4.07. The lowest BCUT2D eigenvalue weighted by atomic mass is 10.0. The molecular weight excluding hydrogens is 212 g/mol. The zero-order chi connectivity index (χ0) is 11.5. The summed E-state index contributed by atoms with van der Waals surface area (Å²) in [5.74, 6) is 0. The molecule has 16 heavy (non-hydrogen) atoms. The van der Waals surface area contributed by atoms with Gasteiger partial charge in [-0.05, 0) is 36.1 Å². The van der Waals surface area contributed by atoms with Crippen molar-refractivity contribution in [3.63, 3.8) is 0 Å². The van der Waals surface area contributed by atoms with E-state index in [1.54, 1.807) is 0 Å². The van der Waals surface area contributed by atoms with Crippen LogP contribution in [-0.4, -0.2) is 4.86 Å². The third-order valence-electron chi connectivity index (χ3n) is 2.81. The van der Waals surface area contributed by atoms with Crippen LogP contribution >= 0.6 is 12.2 Å². The summed E-state index contributed by atoms with van der Waals surface area (Å²) in [5.41, 5.74) is 4.83. The highest BCUT2D eigenvalue weighted by Gasteiger charge is 2.04. The fraction of sp³-hybridized carbons (Fsp3) is 0.133. The van der Waals surface area contributed by atoms with E-state index in [4.69, 9.17) is 12.2 Å². The number of hydrogen-bond acceptors (Lipinski definition) is 1. The van der Waals surface area contributed by atoms with Gasteiger partial charge in [-0.15, -0.1) is 0 Å². The van der Waals surface area contributed by atoms with Crippen LogP contribution in [0.2, 0.25) is 0 Å². The van der Waals surface area contributed by atoms with Gasteiger partial charge in [-0.3, -0.25) is 0 Å². The van der Waals surface area contributed by atoms with Crippen LogP contribution in [-0.2, 0) is 0 Å². The number of aryl methyl sites for hydroxylation is 2. The second kappa shape index (κ2) is 4.58. The summed E-state index contributed by atoms with van der Waals surface area (Å²) in [6, 6.07) is 16.5. The molecule has 0 heterocycles. The van der Waals surface area contributed by atoms with Crippen molar-refractivity contribution < 1.29 is 0 Å². The Bertz CT molecular complexity index is 512. The van der Waals surface area contributed by atoms with Crippen molar-refractivity contribution in [2.45, 2.75) is 13.8 Å². The Kier molecular flexibility index (Phi) is 3.16. The van der Waals surface area contributed by atoms with Gasteiger partial charge in [0.05, 0.1) is 4.86 Å². The molecule has 0 saturated heterocycles. The molecule has 0 aromatic heterocycles. The molecule has 0 bridgehead atoms. The van der Waals surface area contributed by atoms with Crippen molar-refractivity contribution in [2.75, 3.05) is 0 Å². The molecular formula is C15H14S. The minimum absolute atomic E-state index is 0.920. The van der Waals surface area contributed by atoms with Gasteiger partial charge in [0.25, 0.3) is 0 Å². The molecule has 0 N–H and O–H groups in total. The Morgan fingerprint density at radius 2 is 1.50 bits per heavy atom. The molecule has 2 aromatic rings. The predicted molar refractivity (Wildman–Crippen MR) is 73.2 cm³/mol. The molecule has 0 aliphatic carbocycles. The Hall–Kier alpha value is -1.47. The van der Waals surface area contributed by atoms with E-state index in [1.807, 2.05) is 18.2 Å². The van der Waals surface area contributed by atoms with Gasteiger partial charge in [0.2, 0.25) is 0 Å². The molecule has 0 unspecified atom stereocenters. The molecule has 2 rings (SSSR count). The van der Waals surface area contributed by atoms with Crippen LogP contribution < -0.4 is 0 Å². The van der Waals surface area contributed by atoms with Crippen LogP contribution in [0, 0.1) is 13.8 Å². The number of rotatable bonds is 2. The van der Waals surface area contributed by atoms with Gasteiger partial charge in [-0.2, -0.15) is 0 Å². The SMILES string of the molecule is Cc1ccc(C(=S)c2ccccc2)cc1C. The summed E-state index contributed by atoms with van der Waals surface area (Å²) in [6.45, 7) is 4.23. The van der Waals surface area contributed by atoms with Gasteiger partial charge < -0.3 is 0 Å². The molecule has 0 aliphatic heterocycles. The summed E-state index contributed by atoms with van der Waals surface area (Å²) < 4.78 is 0. The fourth-order valence-corrected chi connectivity index (χ4v) is 1.90. The maximum Gasteiger partial charge on any atom is 0.0521 e. The minimum Gasteiger partial charge on any atom is -0.0788 e. The Morgan fingerprint density at radius 1 is 0.812 bits per heavy atom. The zero-order valence-corrected chi connectivity index (χ0v) is 10.3. The zero-order valence-electron chi connectivity index (χ0n) is 9.53. The summed E-state index contributed by atoms with van der Waals surface area (Å²) in [5, 5.41) is 0.